The van der Waals surface area contributed by atoms with E-state index in [9.17, 15) is 17.6 Å². The molecular weight excluding hydrogens is 525 g/mol. The Hall–Kier alpha value is -1.85. The van der Waals surface area contributed by atoms with E-state index in [1.165, 1.54) is 22.9 Å². The van der Waals surface area contributed by atoms with Gasteiger partial charge in [-0.3, -0.25) is 9.69 Å². The van der Waals surface area contributed by atoms with E-state index in [0.717, 1.165) is 49.2 Å². The molecule has 38 heavy (non-hydrogen) atoms. The Kier molecular flexibility index (Phi) is 13.2. The molecule has 1 aromatic carbocycles. The zero-order chi connectivity index (χ0) is 27.2. The molecule has 0 bridgehead atoms. The average molecular weight is 568 g/mol. The summed E-state index contributed by atoms with van der Waals surface area (Å²) in [4.78, 5) is 18.5. The van der Waals surface area contributed by atoms with Crippen molar-refractivity contribution in [3.63, 3.8) is 0 Å². The van der Waals surface area contributed by atoms with Gasteiger partial charge in [0.05, 0.1) is 32.1 Å². The fourth-order valence-corrected chi connectivity index (χ4v) is 6.69. The van der Waals surface area contributed by atoms with Gasteiger partial charge in [-0.15, -0.1) is 11.3 Å². The number of halogens is 1. The van der Waals surface area contributed by atoms with E-state index in [4.69, 9.17) is 4.74 Å². The number of benzene rings is 1. The minimum absolute atomic E-state index is 0.0540. The van der Waals surface area contributed by atoms with Crippen molar-refractivity contribution in [2.24, 2.45) is 0 Å². The Morgan fingerprint density at radius 3 is 2.42 bits per heavy atom. The van der Waals surface area contributed by atoms with Crippen LogP contribution in [-0.2, 0) is 32.6 Å². The maximum Gasteiger partial charge on any atom is 0.238 e. The van der Waals surface area contributed by atoms with E-state index in [2.05, 4.69) is 11.8 Å². The van der Waals surface area contributed by atoms with Gasteiger partial charge in [-0.05, 0) is 35.6 Å². The highest BCUT2D eigenvalue weighted by Gasteiger charge is 2.28. The van der Waals surface area contributed by atoms with Crippen LogP contribution in [0.3, 0.4) is 0 Å². The number of unbranched alkanes of at least 4 members (excludes halogenated alkanes) is 5. The van der Waals surface area contributed by atoms with E-state index in [0.29, 0.717) is 32.7 Å². The Morgan fingerprint density at radius 2 is 1.74 bits per heavy atom. The summed E-state index contributed by atoms with van der Waals surface area (Å²) in [7, 11) is -3.60. The number of amides is 1. The smallest absolute Gasteiger partial charge is 0.238 e. The Bertz CT molecular complexity index is 1040. The lowest BCUT2D eigenvalue weighted by atomic mass is 10.1. The number of ether oxygens (including phenoxy) is 1. The minimum Gasteiger partial charge on any atom is -0.379 e. The molecule has 0 unspecified atom stereocenters. The van der Waals surface area contributed by atoms with Gasteiger partial charge in [0.25, 0.3) is 0 Å². The topological polar surface area (TPSA) is 70.2 Å². The predicted molar refractivity (Wildman–Crippen MR) is 151 cm³/mol. The summed E-state index contributed by atoms with van der Waals surface area (Å²) < 4.78 is 47.1. The van der Waals surface area contributed by atoms with Crippen molar-refractivity contribution in [2.45, 2.75) is 58.5 Å². The largest absolute Gasteiger partial charge is 0.379 e. The maximum atomic E-state index is 13.6. The molecule has 1 aromatic heterocycles. The molecule has 1 amide bonds. The number of carbonyl (C=O) groups excluding carboxylic acids is 1. The molecule has 1 fully saturated rings. The van der Waals surface area contributed by atoms with Crippen molar-refractivity contribution < 1.29 is 22.3 Å². The van der Waals surface area contributed by atoms with Crippen molar-refractivity contribution in [3.05, 3.63) is 58.0 Å². The van der Waals surface area contributed by atoms with Crippen LogP contribution in [0.25, 0.3) is 0 Å². The van der Waals surface area contributed by atoms with Gasteiger partial charge >= 0.3 is 0 Å². The number of rotatable bonds is 17. The molecule has 2 heterocycles. The lowest BCUT2D eigenvalue weighted by Gasteiger charge is -2.31. The van der Waals surface area contributed by atoms with Crippen LogP contribution in [0.15, 0.2) is 41.8 Å². The highest BCUT2D eigenvalue weighted by atomic mass is 32.2. The molecule has 1 aliphatic rings. The van der Waals surface area contributed by atoms with Gasteiger partial charge < -0.3 is 9.64 Å². The van der Waals surface area contributed by atoms with Gasteiger partial charge in [0.2, 0.25) is 15.9 Å². The number of hydrogen-bond acceptors (Lipinski definition) is 6. The fraction of sp³-hybridized carbons (Fsp3) is 0.607. The van der Waals surface area contributed by atoms with Crippen molar-refractivity contribution >= 4 is 27.3 Å². The molecule has 10 heteroatoms. The zero-order valence-electron chi connectivity index (χ0n) is 22.5. The standard InChI is InChI=1S/C28H42FN3O4S2/c1-2-3-4-5-6-7-21-38(34,35)32(15-14-30-16-18-36-19-17-30)24-28(33)31(23-27-9-8-20-37-27)22-25-10-12-26(29)13-11-25/h8-13,20H,2-7,14-19,21-24H2,1H3. The van der Waals surface area contributed by atoms with Crippen LogP contribution in [0.1, 0.15) is 55.9 Å². The Morgan fingerprint density at radius 1 is 1.03 bits per heavy atom. The van der Waals surface area contributed by atoms with Crippen LogP contribution in [0.5, 0.6) is 0 Å². The number of thiophene rings is 1. The van der Waals surface area contributed by atoms with E-state index in [-0.39, 0.29) is 37.1 Å². The third-order valence-electron chi connectivity index (χ3n) is 6.80. The molecule has 0 saturated carbocycles. The average Bonchev–Trinajstić information content (AvgIpc) is 3.43. The normalized spacial score (nSPS) is 14.7. The van der Waals surface area contributed by atoms with Gasteiger partial charge in [0, 0.05) is 37.6 Å². The molecule has 0 N–H and O–H groups in total. The van der Waals surface area contributed by atoms with Gasteiger partial charge in [0.15, 0.2) is 0 Å². The summed E-state index contributed by atoms with van der Waals surface area (Å²) in [6.45, 7) is 6.24. The molecule has 0 spiro atoms. The van der Waals surface area contributed by atoms with Gasteiger partial charge in [-0.1, -0.05) is 57.2 Å². The Balaban J connectivity index is 1.70. The van der Waals surface area contributed by atoms with Gasteiger partial charge in [-0.25, -0.2) is 12.8 Å². The van der Waals surface area contributed by atoms with E-state index in [1.54, 1.807) is 28.4 Å². The second-order valence-electron chi connectivity index (χ2n) is 9.83. The number of morpholine rings is 1. The molecule has 1 saturated heterocycles. The molecular formula is C28H42FN3O4S2. The summed E-state index contributed by atoms with van der Waals surface area (Å²) in [5.74, 6) is -0.533. The molecule has 2 aromatic rings. The van der Waals surface area contributed by atoms with Crippen LogP contribution < -0.4 is 0 Å². The maximum absolute atomic E-state index is 13.6. The lowest BCUT2D eigenvalue weighted by molar-refractivity contribution is -0.132. The molecule has 7 nitrogen and oxygen atoms in total. The summed E-state index contributed by atoms with van der Waals surface area (Å²) in [6.07, 6.45) is 5.94. The summed E-state index contributed by atoms with van der Waals surface area (Å²) in [5, 5.41) is 1.95. The molecule has 0 atom stereocenters. The molecule has 0 radical (unpaired) electrons. The number of hydrogen-bond donors (Lipinski definition) is 0. The zero-order valence-corrected chi connectivity index (χ0v) is 24.2. The number of sulfonamides is 1. The van der Waals surface area contributed by atoms with Crippen molar-refractivity contribution in [1.82, 2.24) is 14.1 Å². The second-order valence-corrected chi connectivity index (χ2v) is 12.9. The first-order valence-corrected chi connectivity index (χ1v) is 16.2. The summed E-state index contributed by atoms with van der Waals surface area (Å²) in [5.41, 5.74) is 0.797. The summed E-state index contributed by atoms with van der Waals surface area (Å²) >= 11 is 1.55. The van der Waals surface area contributed by atoms with Crippen LogP contribution in [0.2, 0.25) is 0 Å². The first-order valence-electron chi connectivity index (χ1n) is 13.7. The Labute approximate surface area is 231 Å². The fourth-order valence-electron chi connectivity index (χ4n) is 4.47. The van der Waals surface area contributed by atoms with Crippen molar-refractivity contribution in [2.75, 3.05) is 51.7 Å². The highest BCUT2D eigenvalue weighted by Crippen LogP contribution is 2.17. The van der Waals surface area contributed by atoms with Gasteiger partial charge in [-0.2, -0.15) is 4.31 Å². The third kappa shape index (κ3) is 10.7. The van der Waals surface area contributed by atoms with Crippen molar-refractivity contribution in [1.29, 1.82) is 0 Å². The van der Waals surface area contributed by atoms with Crippen LogP contribution >= 0.6 is 11.3 Å². The molecule has 0 aliphatic carbocycles. The lowest BCUT2D eigenvalue weighted by Crippen LogP contribution is -2.47. The van der Waals surface area contributed by atoms with Crippen LogP contribution in [0, 0.1) is 5.82 Å². The van der Waals surface area contributed by atoms with Gasteiger partial charge in [0.1, 0.15) is 5.82 Å². The second kappa shape index (κ2) is 16.3. The molecule has 212 valence electrons. The van der Waals surface area contributed by atoms with E-state index >= 15 is 0 Å². The van der Waals surface area contributed by atoms with Crippen LogP contribution in [0.4, 0.5) is 4.39 Å². The monoisotopic (exact) mass is 567 g/mol. The highest BCUT2D eigenvalue weighted by molar-refractivity contribution is 7.89. The van der Waals surface area contributed by atoms with Crippen molar-refractivity contribution in [3.8, 4) is 0 Å². The molecule has 1 aliphatic heterocycles. The minimum atomic E-state index is -3.60. The molecule has 3 rings (SSSR count). The van der Waals surface area contributed by atoms with E-state index < -0.39 is 10.0 Å². The van der Waals surface area contributed by atoms with Crippen LogP contribution in [-0.4, -0.2) is 80.1 Å². The third-order valence-corrected chi connectivity index (χ3v) is 9.56. The summed E-state index contributed by atoms with van der Waals surface area (Å²) in [6, 6.07) is 9.97. The first kappa shape index (κ1) is 30.7. The number of nitrogens with zero attached hydrogens (tertiary/aromatic N) is 3. The number of carbonyl (C=O) groups is 1. The first-order chi connectivity index (χ1) is 18.4. The SMILES string of the molecule is CCCCCCCCS(=O)(=O)N(CCN1CCOCC1)CC(=O)N(Cc1ccc(F)cc1)Cc1cccs1. The predicted octanol–water partition coefficient (Wildman–Crippen LogP) is 4.74. The quantitative estimate of drug-likeness (QED) is 0.258. The van der Waals surface area contributed by atoms with E-state index in [1.807, 2.05) is 17.5 Å².